The van der Waals surface area contributed by atoms with E-state index in [4.69, 9.17) is 11.6 Å². The quantitative estimate of drug-likeness (QED) is 0.691. The number of benzene rings is 2. The molecule has 20 heavy (non-hydrogen) atoms. The Labute approximate surface area is 122 Å². The van der Waals surface area contributed by atoms with Crippen molar-refractivity contribution in [3.05, 3.63) is 75.5 Å². The third-order valence-corrected chi connectivity index (χ3v) is 3.67. The van der Waals surface area contributed by atoms with Gasteiger partial charge < -0.3 is 0 Å². The average molecular weight is 284 g/mol. The Kier molecular flexibility index (Phi) is 3.33. The zero-order valence-electron chi connectivity index (χ0n) is 11.1. The van der Waals surface area contributed by atoms with E-state index in [9.17, 15) is 4.79 Å². The van der Waals surface area contributed by atoms with Gasteiger partial charge in [0.15, 0.2) is 0 Å². The molecule has 0 saturated heterocycles. The highest BCUT2D eigenvalue weighted by Crippen LogP contribution is 2.21. The lowest BCUT2D eigenvalue weighted by Crippen LogP contribution is -2.22. The normalized spacial score (nSPS) is 10.9. The summed E-state index contributed by atoms with van der Waals surface area (Å²) < 4.78 is 1.74. The number of halogens is 1. The maximum Gasteiger partial charge on any atom is 0.258 e. The topological polar surface area (TPSA) is 22.0 Å². The summed E-state index contributed by atoms with van der Waals surface area (Å²) in [6.07, 6.45) is 0.713. The standard InChI is InChI=1S/C17H14ClNO/c1-2-12-10-13-8-9-14(18)11-16(13)19(17(12)20)15-6-4-3-5-7-15/h3-11H,2H2,1H3. The second-order valence-corrected chi connectivity index (χ2v) is 5.14. The van der Waals surface area contributed by atoms with Crippen LogP contribution in [0.1, 0.15) is 12.5 Å². The molecule has 2 aromatic carbocycles. The number of aryl methyl sites for hydroxylation is 1. The molecule has 1 aromatic heterocycles. The first-order valence-corrected chi connectivity index (χ1v) is 6.98. The predicted molar refractivity (Wildman–Crippen MR) is 83.9 cm³/mol. The monoisotopic (exact) mass is 283 g/mol. The number of rotatable bonds is 2. The maximum absolute atomic E-state index is 12.6. The fourth-order valence-corrected chi connectivity index (χ4v) is 2.59. The van der Waals surface area contributed by atoms with Crippen LogP contribution in [0, 0.1) is 0 Å². The molecule has 3 rings (SSSR count). The zero-order valence-corrected chi connectivity index (χ0v) is 11.9. The number of hydrogen-bond donors (Lipinski definition) is 0. The summed E-state index contributed by atoms with van der Waals surface area (Å²) >= 11 is 6.09. The minimum atomic E-state index is 0.0217. The Hall–Kier alpha value is -2.06. The lowest BCUT2D eigenvalue weighted by molar-refractivity contribution is 0.979. The second-order valence-electron chi connectivity index (χ2n) is 4.70. The van der Waals surface area contributed by atoms with Crippen LogP contribution in [0.3, 0.4) is 0 Å². The Morgan fingerprint density at radius 2 is 1.80 bits per heavy atom. The Morgan fingerprint density at radius 3 is 2.50 bits per heavy atom. The van der Waals surface area contributed by atoms with E-state index in [1.807, 2.05) is 61.5 Å². The van der Waals surface area contributed by atoms with Crippen LogP contribution in [-0.2, 0) is 6.42 Å². The summed E-state index contributed by atoms with van der Waals surface area (Å²) in [5.41, 5.74) is 2.53. The van der Waals surface area contributed by atoms with Crippen molar-refractivity contribution in [1.82, 2.24) is 4.57 Å². The van der Waals surface area contributed by atoms with Crippen LogP contribution in [0.2, 0.25) is 5.02 Å². The van der Waals surface area contributed by atoms with Crippen molar-refractivity contribution >= 4 is 22.5 Å². The number of hydrogen-bond acceptors (Lipinski definition) is 1. The molecule has 0 aliphatic rings. The molecule has 0 amide bonds. The van der Waals surface area contributed by atoms with Crippen LogP contribution in [0.4, 0.5) is 0 Å². The Balaban J connectivity index is 2.47. The molecule has 0 N–H and O–H groups in total. The van der Waals surface area contributed by atoms with Gasteiger partial charge in [0.05, 0.1) is 5.52 Å². The highest BCUT2D eigenvalue weighted by Gasteiger charge is 2.10. The molecule has 0 bridgehead atoms. The zero-order chi connectivity index (χ0) is 14.1. The highest BCUT2D eigenvalue weighted by atomic mass is 35.5. The first-order chi connectivity index (χ1) is 9.70. The summed E-state index contributed by atoms with van der Waals surface area (Å²) in [5, 5.41) is 1.65. The van der Waals surface area contributed by atoms with Gasteiger partial charge in [0.1, 0.15) is 0 Å². The van der Waals surface area contributed by atoms with E-state index in [1.165, 1.54) is 0 Å². The van der Waals surface area contributed by atoms with E-state index in [1.54, 1.807) is 4.57 Å². The summed E-state index contributed by atoms with van der Waals surface area (Å²) in [5.74, 6) is 0. The summed E-state index contributed by atoms with van der Waals surface area (Å²) in [7, 11) is 0. The molecule has 1 heterocycles. The van der Waals surface area contributed by atoms with Gasteiger partial charge in [0.25, 0.3) is 5.56 Å². The van der Waals surface area contributed by atoms with Gasteiger partial charge in [-0.1, -0.05) is 42.8 Å². The fraction of sp³-hybridized carbons (Fsp3) is 0.118. The van der Waals surface area contributed by atoms with Gasteiger partial charge in [-0.3, -0.25) is 9.36 Å². The van der Waals surface area contributed by atoms with Gasteiger partial charge in [-0.25, -0.2) is 0 Å². The molecule has 0 aliphatic carbocycles. The minimum Gasteiger partial charge on any atom is -0.277 e. The van der Waals surface area contributed by atoms with Crippen LogP contribution in [-0.4, -0.2) is 4.57 Å². The van der Waals surface area contributed by atoms with Crippen molar-refractivity contribution in [3.8, 4) is 5.69 Å². The first-order valence-electron chi connectivity index (χ1n) is 6.60. The van der Waals surface area contributed by atoms with Crippen molar-refractivity contribution in [2.24, 2.45) is 0 Å². The molecule has 0 radical (unpaired) electrons. The molecule has 2 nitrogen and oxygen atoms in total. The predicted octanol–water partition coefficient (Wildman–Crippen LogP) is 4.21. The molecule has 0 atom stereocenters. The van der Waals surface area contributed by atoms with E-state index in [0.717, 1.165) is 22.2 Å². The number of fused-ring (bicyclic) bond motifs is 1. The second kappa shape index (κ2) is 5.14. The van der Waals surface area contributed by atoms with Crippen molar-refractivity contribution in [1.29, 1.82) is 0 Å². The third kappa shape index (κ3) is 2.12. The van der Waals surface area contributed by atoms with Gasteiger partial charge >= 0.3 is 0 Å². The molecule has 0 saturated carbocycles. The fourth-order valence-electron chi connectivity index (χ4n) is 2.42. The van der Waals surface area contributed by atoms with E-state index in [2.05, 4.69) is 0 Å². The number of pyridine rings is 1. The van der Waals surface area contributed by atoms with Crippen LogP contribution >= 0.6 is 11.6 Å². The van der Waals surface area contributed by atoms with Crippen molar-refractivity contribution in [2.45, 2.75) is 13.3 Å². The molecule has 0 fully saturated rings. The van der Waals surface area contributed by atoms with Crippen molar-refractivity contribution in [3.63, 3.8) is 0 Å². The Bertz CT molecular complexity index is 822. The summed E-state index contributed by atoms with van der Waals surface area (Å²) in [6.45, 7) is 1.99. The molecule has 3 aromatic rings. The molecule has 0 spiro atoms. The third-order valence-electron chi connectivity index (χ3n) is 3.44. The van der Waals surface area contributed by atoms with Gasteiger partial charge in [0.2, 0.25) is 0 Å². The van der Waals surface area contributed by atoms with Crippen molar-refractivity contribution in [2.75, 3.05) is 0 Å². The lowest BCUT2D eigenvalue weighted by atomic mass is 10.1. The van der Waals surface area contributed by atoms with Crippen molar-refractivity contribution < 1.29 is 0 Å². The molecular formula is C17H14ClNO. The van der Waals surface area contributed by atoms with Crippen LogP contribution in [0.15, 0.2) is 59.4 Å². The van der Waals surface area contributed by atoms with Gasteiger partial charge in [-0.15, -0.1) is 0 Å². The highest BCUT2D eigenvalue weighted by molar-refractivity contribution is 6.31. The Morgan fingerprint density at radius 1 is 1.05 bits per heavy atom. The molecular weight excluding hydrogens is 270 g/mol. The maximum atomic E-state index is 12.6. The number of aromatic nitrogens is 1. The van der Waals surface area contributed by atoms with Gasteiger partial charge in [-0.05, 0) is 42.1 Å². The van der Waals surface area contributed by atoms with Crippen LogP contribution in [0.5, 0.6) is 0 Å². The number of nitrogens with zero attached hydrogens (tertiary/aromatic N) is 1. The molecule has 3 heteroatoms. The van der Waals surface area contributed by atoms with Gasteiger partial charge in [-0.2, -0.15) is 0 Å². The van der Waals surface area contributed by atoms with E-state index < -0.39 is 0 Å². The molecule has 0 aliphatic heterocycles. The van der Waals surface area contributed by atoms with E-state index >= 15 is 0 Å². The van der Waals surface area contributed by atoms with Crippen LogP contribution in [0.25, 0.3) is 16.6 Å². The SMILES string of the molecule is CCc1cc2ccc(Cl)cc2n(-c2ccccc2)c1=O. The minimum absolute atomic E-state index is 0.0217. The molecule has 100 valence electrons. The largest absolute Gasteiger partial charge is 0.277 e. The van der Waals surface area contributed by atoms with E-state index in [0.29, 0.717) is 11.4 Å². The average Bonchev–Trinajstić information content (AvgIpc) is 2.47. The van der Waals surface area contributed by atoms with Gasteiger partial charge in [0, 0.05) is 16.3 Å². The smallest absolute Gasteiger partial charge is 0.258 e. The first kappa shape index (κ1) is 12.9. The molecule has 0 unspecified atom stereocenters. The summed E-state index contributed by atoms with van der Waals surface area (Å²) in [6, 6.07) is 17.3. The summed E-state index contributed by atoms with van der Waals surface area (Å²) in [4.78, 5) is 12.6. The number of para-hydroxylation sites is 1. The van der Waals surface area contributed by atoms with Crippen LogP contribution < -0.4 is 5.56 Å². The lowest BCUT2D eigenvalue weighted by Gasteiger charge is -2.12. The van der Waals surface area contributed by atoms with E-state index in [-0.39, 0.29) is 5.56 Å².